The van der Waals surface area contributed by atoms with Crippen molar-refractivity contribution in [1.29, 1.82) is 0 Å². The summed E-state index contributed by atoms with van der Waals surface area (Å²) in [6.07, 6.45) is 2.31. The lowest BCUT2D eigenvalue weighted by atomic mass is 10.2. The molecule has 0 aliphatic heterocycles. The fourth-order valence-electron chi connectivity index (χ4n) is 1.73. The first kappa shape index (κ1) is 13.5. The molecule has 1 heterocycles. The number of aromatic nitrogens is 1. The van der Waals surface area contributed by atoms with E-state index in [-0.39, 0.29) is 18.0 Å². The number of hydrogen-bond donors (Lipinski definition) is 2. The summed E-state index contributed by atoms with van der Waals surface area (Å²) in [6.45, 7) is 0.0156. The van der Waals surface area contributed by atoms with Crippen molar-refractivity contribution in [3.05, 3.63) is 53.9 Å². The predicted octanol–water partition coefficient (Wildman–Crippen LogP) is 1.64. The van der Waals surface area contributed by atoms with Crippen molar-refractivity contribution >= 4 is 23.9 Å². The Kier molecular flexibility index (Phi) is 3.95. The molecule has 102 valence electrons. The maximum atomic E-state index is 11.8. The summed E-state index contributed by atoms with van der Waals surface area (Å²) in [5, 5.41) is 11.4. The number of carbonyl (C=O) groups is 3. The number of nitrogens with zero attached hydrogens (tertiary/aromatic N) is 1. The third-order valence-electron chi connectivity index (χ3n) is 2.71. The second-order valence-corrected chi connectivity index (χ2v) is 4.11. The maximum Gasteiger partial charge on any atom is 0.335 e. The highest BCUT2D eigenvalue weighted by atomic mass is 16.4. The van der Waals surface area contributed by atoms with Crippen molar-refractivity contribution in [2.45, 2.75) is 6.54 Å². The molecule has 0 spiro atoms. The number of carbonyl (C=O) groups excluding carboxylic acids is 2. The molecule has 2 N–H and O–H groups in total. The van der Waals surface area contributed by atoms with Crippen molar-refractivity contribution < 1.29 is 19.5 Å². The molecule has 6 heteroatoms. The molecule has 0 aliphatic rings. The van der Waals surface area contributed by atoms with Crippen molar-refractivity contribution in [2.75, 3.05) is 5.32 Å². The first-order valence-electron chi connectivity index (χ1n) is 5.83. The van der Waals surface area contributed by atoms with Crippen LogP contribution in [0.4, 0.5) is 5.69 Å². The highest BCUT2D eigenvalue weighted by Crippen LogP contribution is 2.10. The van der Waals surface area contributed by atoms with E-state index in [1.54, 1.807) is 18.3 Å². The number of aldehydes is 1. The quantitative estimate of drug-likeness (QED) is 0.810. The molecule has 0 saturated heterocycles. The first-order chi connectivity index (χ1) is 9.60. The van der Waals surface area contributed by atoms with Gasteiger partial charge in [-0.2, -0.15) is 0 Å². The van der Waals surface area contributed by atoms with Gasteiger partial charge >= 0.3 is 5.97 Å². The normalized spacial score (nSPS) is 10.0. The summed E-state index contributed by atoms with van der Waals surface area (Å²) in [5.74, 6) is -1.32. The van der Waals surface area contributed by atoms with Crippen LogP contribution in [-0.4, -0.2) is 27.8 Å². The predicted molar refractivity (Wildman–Crippen MR) is 71.9 cm³/mol. The highest BCUT2D eigenvalue weighted by molar-refractivity contribution is 5.92. The number of amides is 1. The molecule has 1 amide bonds. The molecule has 2 rings (SSSR count). The van der Waals surface area contributed by atoms with Crippen LogP contribution in [0.2, 0.25) is 0 Å². The van der Waals surface area contributed by atoms with Gasteiger partial charge < -0.3 is 15.0 Å². The molecule has 0 aliphatic carbocycles. The van der Waals surface area contributed by atoms with E-state index in [1.165, 1.54) is 28.8 Å². The van der Waals surface area contributed by atoms with Crippen LogP contribution in [0.1, 0.15) is 20.8 Å². The van der Waals surface area contributed by atoms with E-state index in [9.17, 15) is 14.4 Å². The molecule has 6 nitrogen and oxygen atoms in total. The van der Waals surface area contributed by atoms with Gasteiger partial charge in [0.2, 0.25) is 5.91 Å². The van der Waals surface area contributed by atoms with E-state index in [4.69, 9.17) is 5.11 Å². The van der Waals surface area contributed by atoms with Crippen molar-refractivity contribution in [2.24, 2.45) is 0 Å². The number of rotatable bonds is 5. The molecule has 2 aromatic rings. The summed E-state index contributed by atoms with van der Waals surface area (Å²) >= 11 is 0. The number of hydrogen-bond acceptors (Lipinski definition) is 3. The van der Waals surface area contributed by atoms with Gasteiger partial charge in [0.25, 0.3) is 0 Å². The van der Waals surface area contributed by atoms with Crippen LogP contribution in [0.15, 0.2) is 42.6 Å². The minimum Gasteiger partial charge on any atom is -0.478 e. The molecule has 0 atom stereocenters. The average Bonchev–Trinajstić information content (AvgIpc) is 2.86. The third-order valence-corrected chi connectivity index (χ3v) is 2.71. The highest BCUT2D eigenvalue weighted by Gasteiger charge is 2.07. The fraction of sp³-hybridized carbons (Fsp3) is 0.0714. The van der Waals surface area contributed by atoms with Crippen molar-refractivity contribution in [1.82, 2.24) is 4.57 Å². The Bertz CT molecular complexity index is 643. The second-order valence-electron chi connectivity index (χ2n) is 4.11. The maximum absolute atomic E-state index is 11.8. The molecule has 0 unspecified atom stereocenters. The Morgan fingerprint density at radius 3 is 2.50 bits per heavy atom. The Morgan fingerprint density at radius 1 is 1.20 bits per heavy atom. The molecule has 0 bridgehead atoms. The molecule has 0 fully saturated rings. The van der Waals surface area contributed by atoms with E-state index in [1.807, 2.05) is 0 Å². The van der Waals surface area contributed by atoms with Crippen LogP contribution in [0.3, 0.4) is 0 Å². The average molecular weight is 272 g/mol. The number of anilines is 1. The van der Waals surface area contributed by atoms with Gasteiger partial charge in [-0.05, 0) is 36.4 Å². The van der Waals surface area contributed by atoms with Gasteiger partial charge in [-0.1, -0.05) is 0 Å². The Hall–Kier alpha value is -2.89. The number of benzene rings is 1. The number of nitrogens with one attached hydrogen (secondary N) is 1. The molecular weight excluding hydrogens is 260 g/mol. The largest absolute Gasteiger partial charge is 0.478 e. The lowest BCUT2D eigenvalue weighted by Gasteiger charge is -2.07. The fourth-order valence-corrected chi connectivity index (χ4v) is 1.73. The minimum absolute atomic E-state index is 0.0156. The first-order valence-corrected chi connectivity index (χ1v) is 5.83. The molecule has 20 heavy (non-hydrogen) atoms. The molecule has 0 radical (unpaired) electrons. The number of carboxylic acids is 1. The van der Waals surface area contributed by atoms with E-state index in [0.29, 0.717) is 17.7 Å². The zero-order valence-corrected chi connectivity index (χ0v) is 10.4. The van der Waals surface area contributed by atoms with Gasteiger partial charge in [-0.25, -0.2) is 4.79 Å². The zero-order chi connectivity index (χ0) is 14.5. The van der Waals surface area contributed by atoms with Gasteiger partial charge in [-0.3, -0.25) is 9.59 Å². The van der Waals surface area contributed by atoms with Gasteiger partial charge in [-0.15, -0.1) is 0 Å². The summed E-state index contributed by atoms with van der Waals surface area (Å²) in [6, 6.07) is 9.13. The molecule has 1 aromatic heterocycles. The van der Waals surface area contributed by atoms with E-state index < -0.39 is 5.97 Å². The van der Waals surface area contributed by atoms with Crippen LogP contribution >= 0.6 is 0 Å². The van der Waals surface area contributed by atoms with E-state index >= 15 is 0 Å². The monoisotopic (exact) mass is 272 g/mol. The van der Waals surface area contributed by atoms with Gasteiger partial charge in [0.05, 0.1) is 11.3 Å². The molecule has 0 saturated carbocycles. The summed E-state index contributed by atoms with van der Waals surface area (Å²) in [4.78, 5) is 33.2. The van der Waals surface area contributed by atoms with Crippen LogP contribution in [0.25, 0.3) is 0 Å². The van der Waals surface area contributed by atoms with Crippen LogP contribution < -0.4 is 5.32 Å². The van der Waals surface area contributed by atoms with Gasteiger partial charge in [0.1, 0.15) is 6.54 Å². The van der Waals surface area contributed by atoms with Crippen molar-refractivity contribution in [3.63, 3.8) is 0 Å². The lowest BCUT2D eigenvalue weighted by Crippen LogP contribution is -2.19. The van der Waals surface area contributed by atoms with Crippen LogP contribution in [-0.2, 0) is 11.3 Å². The smallest absolute Gasteiger partial charge is 0.335 e. The van der Waals surface area contributed by atoms with E-state index in [2.05, 4.69) is 5.32 Å². The third kappa shape index (κ3) is 3.11. The Balaban J connectivity index is 2.01. The van der Waals surface area contributed by atoms with Gasteiger partial charge in [0, 0.05) is 11.9 Å². The zero-order valence-electron chi connectivity index (χ0n) is 10.4. The number of aromatic carboxylic acids is 1. The van der Waals surface area contributed by atoms with Crippen LogP contribution in [0, 0.1) is 0 Å². The second kappa shape index (κ2) is 5.83. The minimum atomic E-state index is -1.02. The topological polar surface area (TPSA) is 88.4 Å². The summed E-state index contributed by atoms with van der Waals surface area (Å²) in [7, 11) is 0. The molecular formula is C14H12N2O4. The van der Waals surface area contributed by atoms with Crippen LogP contribution in [0.5, 0.6) is 0 Å². The Labute approximate surface area is 114 Å². The molecule has 1 aromatic carbocycles. The SMILES string of the molecule is O=Cc1cccn1CC(=O)Nc1ccc(C(=O)O)cc1. The Morgan fingerprint density at radius 2 is 1.90 bits per heavy atom. The lowest BCUT2D eigenvalue weighted by molar-refractivity contribution is -0.116. The summed E-state index contributed by atoms with van der Waals surface area (Å²) < 4.78 is 1.52. The standard InChI is InChI=1S/C14H12N2O4/c17-9-12-2-1-7-16(12)8-13(18)15-11-5-3-10(4-6-11)14(19)20/h1-7,9H,8H2,(H,15,18)(H,19,20). The number of carboxylic acid groups (broad SMARTS) is 1. The van der Waals surface area contributed by atoms with E-state index in [0.717, 1.165) is 0 Å². The summed E-state index contributed by atoms with van der Waals surface area (Å²) in [5.41, 5.74) is 1.07. The van der Waals surface area contributed by atoms with Gasteiger partial charge in [0.15, 0.2) is 6.29 Å². The van der Waals surface area contributed by atoms with Crippen molar-refractivity contribution in [3.8, 4) is 0 Å².